The van der Waals surface area contributed by atoms with Crippen molar-refractivity contribution in [1.29, 1.82) is 0 Å². The van der Waals surface area contributed by atoms with Crippen LogP contribution in [0.3, 0.4) is 0 Å². The molecule has 1 aromatic heterocycles. The second-order valence-electron chi connectivity index (χ2n) is 4.65. The van der Waals surface area contributed by atoms with Crippen molar-refractivity contribution in [3.05, 3.63) is 36.0 Å². The lowest BCUT2D eigenvalue weighted by Crippen LogP contribution is -2.36. The van der Waals surface area contributed by atoms with Crippen LogP contribution in [0.5, 0.6) is 0 Å². The SMILES string of the molecule is c1cc(CNC2CCCOC2)c2cc[nH]c2c1. The van der Waals surface area contributed by atoms with E-state index in [1.807, 2.05) is 6.20 Å². The summed E-state index contributed by atoms with van der Waals surface area (Å²) in [5.41, 5.74) is 2.57. The maximum Gasteiger partial charge on any atom is 0.0619 e. The summed E-state index contributed by atoms with van der Waals surface area (Å²) < 4.78 is 5.47. The molecule has 2 aromatic rings. The minimum atomic E-state index is 0.512. The molecule has 3 nitrogen and oxygen atoms in total. The Hall–Kier alpha value is -1.32. The molecule has 90 valence electrons. The third-order valence-electron chi connectivity index (χ3n) is 3.43. The van der Waals surface area contributed by atoms with Crippen LogP contribution in [0.4, 0.5) is 0 Å². The molecule has 2 N–H and O–H groups in total. The van der Waals surface area contributed by atoms with Gasteiger partial charge < -0.3 is 15.0 Å². The van der Waals surface area contributed by atoms with Crippen molar-refractivity contribution in [2.45, 2.75) is 25.4 Å². The van der Waals surface area contributed by atoms with Gasteiger partial charge >= 0.3 is 0 Å². The van der Waals surface area contributed by atoms with Crippen molar-refractivity contribution in [2.24, 2.45) is 0 Å². The minimum Gasteiger partial charge on any atom is -0.380 e. The van der Waals surface area contributed by atoms with E-state index in [9.17, 15) is 0 Å². The summed E-state index contributed by atoms with van der Waals surface area (Å²) in [6.45, 7) is 2.69. The molecule has 0 spiro atoms. The molecular formula is C14H18N2O. The topological polar surface area (TPSA) is 37.0 Å². The van der Waals surface area contributed by atoms with Crippen molar-refractivity contribution in [2.75, 3.05) is 13.2 Å². The molecule has 0 saturated carbocycles. The van der Waals surface area contributed by atoms with Gasteiger partial charge in [-0.3, -0.25) is 0 Å². The first-order valence-corrected chi connectivity index (χ1v) is 6.29. The Morgan fingerprint density at radius 3 is 3.24 bits per heavy atom. The lowest BCUT2D eigenvalue weighted by Gasteiger charge is -2.23. The zero-order valence-electron chi connectivity index (χ0n) is 9.91. The van der Waals surface area contributed by atoms with Gasteiger partial charge in [-0.1, -0.05) is 12.1 Å². The third-order valence-corrected chi connectivity index (χ3v) is 3.43. The van der Waals surface area contributed by atoms with Crippen LogP contribution in [-0.4, -0.2) is 24.2 Å². The Bertz CT molecular complexity index is 486. The molecule has 1 atom stereocenters. The highest BCUT2D eigenvalue weighted by atomic mass is 16.5. The van der Waals surface area contributed by atoms with Crippen molar-refractivity contribution in [1.82, 2.24) is 10.3 Å². The van der Waals surface area contributed by atoms with E-state index in [0.717, 1.165) is 19.8 Å². The van der Waals surface area contributed by atoms with Gasteiger partial charge in [0.05, 0.1) is 6.61 Å². The molecular weight excluding hydrogens is 212 g/mol. The van der Waals surface area contributed by atoms with Crippen LogP contribution in [-0.2, 0) is 11.3 Å². The Labute approximate surface area is 101 Å². The smallest absolute Gasteiger partial charge is 0.0619 e. The van der Waals surface area contributed by atoms with Crippen molar-refractivity contribution in [3.63, 3.8) is 0 Å². The van der Waals surface area contributed by atoms with Gasteiger partial charge in [-0.05, 0) is 30.5 Å². The fourth-order valence-electron chi connectivity index (χ4n) is 2.46. The van der Waals surface area contributed by atoms with Gasteiger partial charge in [0.15, 0.2) is 0 Å². The Morgan fingerprint density at radius 2 is 2.35 bits per heavy atom. The van der Waals surface area contributed by atoms with Crippen LogP contribution in [0.25, 0.3) is 10.9 Å². The molecule has 1 aliphatic heterocycles. The van der Waals surface area contributed by atoms with Crippen molar-refractivity contribution < 1.29 is 4.74 Å². The lowest BCUT2D eigenvalue weighted by molar-refractivity contribution is 0.0700. The molecule has 0 aliphatic carbocycles. The number of fused-ring (bicyclic) bond motifs is 1. The Kier molecular flexibility index (Phi) is 3.12. The minimum absolute atomic E-state index is 0.512. The molecule has 1 saturated heterocycles. The first-order valence-electron chi connectivity index (χ1n) is 6.29. The number of hydrogen-bond donors (Lipinski definition) is 2. The molecule has 2 heterocycles. The summed E-state index contributed by atoms with van der Waals surface area (Å²) in [6, 6.07) is 9.06. The van der Waals surface area contributed by atoms with Crippen molar-refractivity contribution >= 4 is 10.9 Å². The number of hydrogen-bond acceptors (Lipinski definition) is 2. The number of ether oxygens (including phenoxy) is 1. The average Bonchev–Trinajstić information content (AvgIpc) is 2.86. The molecule has 17 heavy (non-hydrogen) atoms. The molecule has 0 radical (unpaired) electrons. The van der Waals surface area contributed by atoms with Gasteiger partial charge in [0.2, 0.25) is 0 Å². The van der Waals surface area contributed by atoms with Crippen molar-refractivity contribution in [3.8, 4) is 0 Å². The van der Waals surface area contributed by atoms with Crippen LogP contribution < -0.4 is 5.32 Å². The number of H-pyrrole nitrogens is 1. The standard InChI is InChI=1S/C14H18N2O/c1-3-11(13-6-7-15-14(13)5-1)9-16-12-4-2-8-17-10-12/h1,3,5-7,12,15-16H,2,4,8-10H2. The Balaban J connectivity index is 1.69. The number of rotatable bonds is 3. The van der Waals surface area contributed by atoms with Crippen LogP contribution in [0.1, 0.15) is 18.4 Å². The summed E-state index contributed by atoms with van der Waals surface area (Å²) in [5, 5.41) is 4.90. The molecule has 1 aromatic carbocycles. The predicted molar refractivity (Wildman–Crippen MR) is 69.0 cm³/mol. The first kappa shape index (κ1) is 10.8. The highest BCUT2D eigenvalue weighted by Gasteiger charge is 2.13. The fourth-order valence-corrected chi connectivity index (χ4v) is 2.46. The predicted octanol–water partition coefficient (Wildman–Crippen LogP) is 2.44. The highest BCUT2D eigenvalue weighted by Crippen LogP contribution is 2.17. The summed E-state index contributed by atoms with van der Waals surface area (Å²) in [4.78, 5) is 3.25. The lowest BCUT2D eigenvalue weighted by atomic mass is 10.1. The third kappa shape index (κ3) is 2.35. The van der Waals surface area contributed by atoms with Crippen LogP contribution >= 0.6 is 0 Å². The molecule has 3 heteroatoms. The summed E-state index contributed by atoms with van der Waals surface area (Å²) in [6.07, 6.45) is 4.40. The zero-order valence-corrected chi connectivity index (χ0v) is 9.91. The van der Waals surface area contributed by atoms with E-state index in [4.69, 9.17) is 4.74 Å². The molecule has 1 aliphatic rings. The van der Waals surface area contributed by atoms with Gasteiger partial charge in [-0.25, -0.2) is 0 Å². The first-order chi connectivity index (χ1) is 8.43. The number of benzene rings is 1. The number of nitrogens with one attached hydrogen (secondary N) is 2. The van der Waals surface area contributed by atoms with E-state index in [1.54, 1.807) is 0 Å². The van der Waals surface area contributed by atoms with Crippen LogP contribution in [0.15, 0.2) is 30.5 Å². The summed E-state index contributed by atoms with van der Waals surface area (Å²) in [7, 11) is 0. The molecule has 1 unspecified atom stereocenters. The van der Waals surface area contributed by atoms with E-state index in [0.29, 0.717) is 6.04 Å². The maximum atomic E-state index is 5.47. The summed E-state index contributed by atoms with van der Waals surface area (Å²) >= 11 is 0. The van der Waals surface area contributed by atoms with Crippen LogP contribution in [0.2, 0.25) is 0 Å². The Morgan fingerprint density at radius 1 is 1.35 bits per heavy atom. The van der Waals surface area contributed by atoms with Gasteiger partial charge in [0.1, 0.15) is 0 Å². The molecule has 3 rings (SSSR count). The van der Waals surface area contributed by atoms with Gasteiger partial charge in [-0.15, -0.1) is 0 Å². The highest BCUT2D eigenvalue weighted by molar-refractivity contribution is 5.82. The fraction of sp³-hybridized carbons (Fsp3) is 0.429. The van der Waals surface area contributed by atoms with E-state index in [2.05, 4.69) is 34.6 Å². The van der Waals surface area contributed by atoms with E-state index in [-0.39, 0.29) is 0 Å². The second kappa shape index (κ2) is 4.90. The summed E-state index contributed by atoms with van der Waals surface area (Å²) in [5.74, 6) is 0. The zero-order chi connectivity index (χ0) is 11.5. The number of aromatic nitrogens is 1. The van der Waals surface area contributed by atoms with Gasteiger partial charge in [0.25, 0.3) is 0 Å². The van der Waals surface area contributed by atoms with E-state index < -0.39 is 0 Å². The maximum absolute atomic E-state index is 5.47. The van der Waals surface area contributed by atoms with Crippen LogP contribution in [0, 0.1) is 0 Å². The normalized spacial score (nSPS) is 20.8. The van der Waals surface area contributed by atoms with Gasteiger partial charge in [-0.2, -0.15) is 0 Å². The average molecular weight is 230 g/mol. The monoisotopic (exact) mass is 230 g/mol. The molecule has 0 bridgehead atoms. The van der Waals surface area contributed by atoms with E-state index in [1.165, 1.54) is 29.3 Å². The van der Waals surface area contributed by atoms with E-state index >= 15 is 0 Å². The largest absolute Gasteiger partial charge is 0.380 e. The molecule has 1 fully saturated rings. The van der Waals surface area contributed by atoms with Gasteiger partial charge in [0, 0.05) is 36.3 Å². The molecule has 0 amide bonds. The second-order valence-corrected chi connectivity index (χ2v) is 4.65. The quantitative estimate of drug-likeness (QED) is 0.849. The number of aromatic amines is 1.